The van der Waals surface area contributed by atoms with Gasteiger partial charge in [-0.3, -0.25) is 10.6 Å². The first kappa shape index (κ1) is 11.3. The lowest BCUT2D eigenvalue weighted by Gasteiger charge is -2.10. The summed E-state index contributed by atoms with van der Waals surface area (Å²) in [7, 11) is 0. The van der Waals surface area contributed by atoms with Crippen molar-refractivity contribution in [2.24, 2.45) is 5.84 Å². The van der Waals surface area contributed by atoms with E-state index < -0.39 is 0 Å². The third-order valence-electron chi connectivity index (χ3n) is 1.89. The minimum Gasteiger partial charge on any atom is -0.397 e. The van der Waals surface area contributed by atoms with Gasteiger partial charge in [-0.1, -0.05) is 0 Å². The molecule has 82 valence electrons. The molecule has 15 heavy (non-hydrogen) atoms. The zero-order valence-corrected chi connectivity index (χ0v) is 8.87. The first-order valence-electron chi connectivity index (χ1n) is 4.71. The molecule has 0 atom stereocenters. The first-order valence-corrected chi connectivity index (χ1v) is 4.71. The van der Waals surface area contributed by atoms with E-state index in [9.17, 15) is 4.79 Å². The number of amides is 1. The van der Waals surface area contributed by atoms with Gasteiger partial charge in [0.05, 0.1) is 11.4 Å². The number of hydrogen-bond donors (Lipinski definition) is 4. The molecule has 5 heteroatoms. The van der Waals surface area contributed by atoms with Crippen molar-refractivity contribution >= 4 is 17.3 Å². The van der Waals surface area contributed by atoms with Gasteiger partial charge in [-0.25, -0.2) is 0 Å². The first-order chi connectivity index (χ1) is 7.04. The third-order valence-corrected chi connectivity index (χ3v) is 1.89. The number of rotatable bonds is 3. The van der Waals surface area contributed by atoms with Gasteiger partial charge in [0.1, 0.15) is 0 Å². The smallest absolute Gasteiger partial charge is 0.251 e. The van der Waals surface area contributed by atoms with E-state index in [2.05, 4.69) is 10.7 Å². The van der Waals surface area contributed by atoms with E-state index in [1.54, 1.807) is 18.2 Å². The molecule has 0 radical (unpaired) electrons. The molecule has 0 spiro atoms. The lowest BCUT2D eigenvalue weighted by atomic mass is 10.1. The van der Waals surface area contributed by atoms with Crippen LogP contribution >= 0.6 is 0 Å². The predicted molar refractivity (Wildman–Crippen MR) is 61.3 cm³/mol. The van der Waals surface area contributed by atoms with Crippen molar-refractivity contribution in [1.29, 1.82) is 0 Å². The van der Waals surface area contributed by atoms with Gasteiger partial charge in [-0.05, 0) is 32.0 Å². The molecule has 0 fully saturated rings. The van der Waals surface area contributed by atoms with Gasteiger partial charge in [0.15, 0.2) is 0 Å². The predicted octanol–water partition coefficient (Wildman–Crippen LogP) is 0.693. The minimum atomic E-state index is -0.137. The highest BCUT2D eigenvalue weighted by molar-refractivity contribution is 5.96. The van der Waals surface area contributed by atoms with Crippen molar-refractivity contribution in [1.82, 2.24) is 5.32 Å². The number of hydrazine groups is 1. The molecule has 0 heterocycles. The molecule has 1 rings (SSSR count). The molecule has 1 amide bonds. The summed E-state index contributed by atoms with van der Waals surface area (Å²) in [5, 5.41) is 2.78. The van der Waals surface area contributed by atoms with Crippen LogP contribution in [0.3, 0.4) is 0 Å². The van der Waals surface area contributed by atoms with Crippen LogP contribution in [0.1, 0.15) is 24.2 Å². The Labute approximate surface area is 88.8 Å². The second-order valence-corrected chi connectivity index (χ2v) is 3.57. The van der Waals surface area contributed by atoms with Crippen LogP contribution in [0, 0.1) is 0 Å². The molecule has 0 bridgehead atoms. The van der Waals surface area contributed by atoms with Crippen LogP contribution in [-0.4, -0.2) is 11.9 Å². The van der Waals surface area contributed by atoms with Gasteiger partial charge in [-0.2, -0.15) is 0 Å². The maximum atomic E-state index is 11.6. The standard InChI is InChI=1S/C10H16N4O/c1-6(2)13-10(15)7-3-4-8(11)9(5-7)14-12/h3-6,14H,11-12H2,1-2H3,(H,13,15). The molecule has 0 aromatic heterocycles. The molecule has 1 aromatic rings. The van der Waals surface area contributed by atoms with E-state index >= 15 is 0 Å². The summed E-state index contributed by atoms with van der Waals surface area (Å²) in [4.78, 5) is 11.6. The Morgan fingerprint density at radius 2 is 2.07 bits per heavy atom. The Kier molecular flexibility index (Phi) is 3.51. The quantitative estimate of drug-likeness (QED) is 0.334. The van der Waals surface area contributed by atoms with Gasteiger partial charge in [0, 0.05) is 11.6 Å². The van der Waals surface area contributed by atoms with E-state index in [4.69, 9.17) is 11.6 Å². The van der Waals surface area contributed by atoms with Crippen LogP contribution in [0.5, 0.6) is 0 Å². The number of nitrogens with two attached hydrogens (primary N) is 2. The molecule has 5 nitrogen and oxygen atoms in total. The average molecular weight is 208 g/mol. The monoisotopic (exact) mass is 208 g/mol. The van der Waals surface area contributed by atoms with Crippen LogP contribution < -0.4 is 22.3 Å². The maximum Gasteiger partial charge on any atom is 0.251 e. The van der Waals surface area contributed by atoms with E-state index in [1.165, 1.54) is 0 Å². The Morgan fingerprint density at radius 1 is 1.40 bits per heavy atom. The molecule has 0 unspecified atom stereocenters. The molecule has 0 aliphatic carbocycles. The number of carbonyl (C=O) groups is 1. The third kappa shape index (κ3) is 2.85. The number of nitrogens with one attached hydrogen (secondary N) is 2. The van der Waals surface area contributed by atoms with Crippen molar-refractivity contribution in [3.8, 4) is 0 Å². The molecule has 0 aliphatic heterocycles. The van der Waals surface area contributed by atoms with Crippen molar-refractivity contribution < 1.29 is 4.79 Å². The normalized spacial score (nSPS) is 10.1. The molecule has 0 saturated heterocycles. The minimum absolute atomic E-state index is 0.101. The molecule has 0 aliphatic rings. The van der Waals surface area contributed by atoms with E-state index in [1.807, 2.05) is 13.8 Å². The van der Waals surface area contributed by atoms with Crippen LogP contribution in [0.15, 0.2) is 18.2 Å². The maximum absolute atomic E-state index is 11.6. The number of carbonyl (C=O) groups excluding carboxylic acids is 1. The zero-order valence-electron chi connectivity index (χ0n) is 8.87. The average Bonchev–Trinajstić information content (AvgIpc) is 2.17. The summed E-state index contributed by atoms with van der Waals surface area (Å²) in [6, 6.07) is 5.02. The highest BCUT2D eigenvalue weighted by Gasteiger charge is 2.08. The Balaban J connectivity index is 2.91. The number of hydrogen-bond acceptors (Lipinski definition) is 4. The van der Waals surface area contributed by atoms with Crippen molar-refractivity contribution in [2.75, 3.05) is 11.2 Å². The van der Waals surface area contributed by atoms with E-state index in [-0.39, 0.29) is 11.9 Å². The van der Waals surface area contributed by atoms with Gasteiger partial charge in [0.25, 0.3) is 5.91 Å². The lowest BCUT2D eigenvalue weighted by molar-refractivity contribution is 0.0943. The van der Waals surface area contributed by atoms with Crippen LogP contribution in [0.25, 0.3) is 0 Å². The van der Waals surface area contributed by atoms with E-state index in [0.29, 0.717) is 16.9 Å². The number of nitrogen functional groups attached to an aromatic ring is 2. The van der Waals surface area contributed by atoms with Crippen molar-refractivity contribution in [3.63, 3.8) is 0 Å². The van der Waals surface area contributed by atoms with Crippen LogP contribution in [-0.2, 0) is 0 Å². The summed E-state index contributed by atoms with van der Waals surface area (Å²) in [6.45, 7) is 3.80. The van der Waals surface area contributed by atoms with E-state index in [0.717, 1.165) is 0 Å². The fraction of sp³-hybridized carbons (Fsp3) is 0.300. The largest absolute Gasteiger partial charge is 0.397 e. The van der Waals surface area contributed by atoms with Crippen LogP contribution in [0.2, 0.25) is 0 Å². The Bertz CT molecular complexity index is 362. The Morgan fingerprint density at radius 3 is 2.60 bits per heavy atom. The molecule has 6 N–H and O–H groups in total. The number of anilines is 2. The SMILES string of the molecule is CC(C)NC(=O)c1ccc(N)c(NN)c1. The van der Waals surface area contributed by atoms with Crippen LogP contribution in [0.4, 0.5) is 11.4 Å². The second-order valence-electron chi connectivity index (χ2n) is 3.57. The summed E-state index contributed by atoms with van der Waals surface area (Å²) in [5.41, 5.74) is 9.66. The molecule has 1 aromatic carbocycles. The fourth-order valence-corrected chi connectivity index (χ4v) is 1.17. The fourth-order valence-electron chi connectivity index (χ4n) is 1.17. The summed E-state index contributed by atoms with van der Waals surface area (Å²) in [6.07, 6.45) is 0. The van der Waals surface area contributed by atoms with Gasteiger partial charge >= 0.3 is 0 Å². The lowest BCUT2D eigenvalue weighted by Crippen LogP contribution is -2.30. The molecular formula is C10H16N4O. The summed E-state index contributed by atoms with van der Waals surface area (Å²) < 4.78 is 0. The highest BCUT2D eigenvalue weighted by atomic mass is 16.1. The number of benzene rings is 1. The highest BCUT2D eigenvalue weighted by Crippen LogP contribution is 2.18. The molecular weight excluding hydrogens is 192 g/mol. The zero-order chi connectivity index (χ0) is 11.4. The van der Waals surface area contributed by atoms with Crippen molar-refractivity contribution in [3.05, 3.63) is 23.8 Å². The van der Waals surface area contributed by atoms with Gasteiger partial charge in [-0.15, -0.1) is 0 Å². The Hall–Kier alpha value is -1.75. The van der Waals surface area contributed by atoms with Gasteiger partial charge < -0.3 is 16.5 Å². The summed E-state index contributed by atoms with van der Waals surface area (Å²) in [5.74, 6) is 5.12. The second kappa shape index (κ2) is 4.65. The summed E-state index contributed by atoms with van der Waals surface area (Å²) >= 11 is 0. The van der Waals surface area contributed by atoms with Crippen molar-refractivity contribution in [2.45, 2.75) is 19.9 Å². The van der Waals surface area contributed by atoms with Gasteiger partial charge in [0.2, 0.25) is 0 Å². The molecule has 0 saturated carbocycles. The topological polar surface area (TPSA) is 93.2 Å².